The van der Waals surface area contributed by atoms with Gasteiger partial charge < -0.3 is 0 Å². The van der Waals surface area contributed by atoms with Gasteiger partial charge in [-0.05, 0) is 74.6 Å². The summed E-state index contributed by atoms with van der Waals surface area (Å²) >= 11 is 0. The molecule has 0 heterocycles. The van der Waals surface area contributed by atoms with Crippen molar-refractivity contribution in [3.63, 3.8) is 0 Å². The molecule has 0 aliphatic carbocycles. The van der Waals surface area contributed by atoms with Gasteiger partial charge in [-0.25, -0.2) is 8.42 Å². The van der Waals surface area contributed by atoms with E-state index in [0.29, 0.717) is 4.90 Å². The van der Waals surface area contributed by atoms with Crippen LogP contribution in [0.2, 0.25) is 0 Å². The smallest absolute Gasteiger partial charge is 0.201 e. The molecule has 3 nitrogen and oxygen atoms in total. The SMILES string of the molecule is C/C=N\C(C(C)C(C)c1cccc(C)c1C)S(=O)(=O)c1ccc(C)cc1. The first-order valence-electron chi connectivity index (χ1n) is 9.04. The highest BCUT2D eigenvalue weighted by Gasteiger charge is 2.35. The van der Waals surface area contributed by atoms with Gasteiger partial charge in [-0.3, -0.25) is 4.99 Å². The molecule has 3 atom stereocenters. The van der Waals surface area contributed by atoms with Gasteiger partial charge in [0, 0.05) is 0 Å². The highest BCUT2D eigenvalue weighted by Crippen LogP contribution is 2.35. The summed E-state index contributed by atoms with van der Waals surface area (Å²) in [6.45, 7) is 12.0. The molecule has 0 N–H and O–H groups in total. The van der Waals surface area contributed by atoms with Crippen LogP contribution in [0.5, 0.6) is 0 Å². The molecule has 4 heteroatoms. The van der Waals surface area contributed by atoms with Crippen LogP contribution >= 0.6 is 0 Å². The summed E-state index contributed by atoms with van der Waals surface area (Å²) in [5, 5.41) is -0.801. The second-order valence-electron chi connectivity index (χ2n) is 7.09. The maximum Gasteiger partial charge on any atom is 0.201 e. The second-order valence-corrected chi connectivity index (χ2v) is 9.14. The molecular formula is C22H29NO2S. The van der Waals surface area contributed by atoms with Gasteiger partial charge in [0.15, 0.2) is 5.37 Å². The highest BCUT2D eigenvalue weighted by atomic mass is 32.2. The van der Waals surface area contributed by atoms with Crippen molar-refractivity contribution in [3.05, 3.63) is 64.7 Å². The van der Waals surface area contributed by atoms with Gasteiger partial charge in [0.2, 0.25) is 9.84 Å². The van der Waals surface area contributed by atoms with Crippen molar-refractivity contribution >= 4 is 16.1 Å². The normalized spacial score (nSPS) is 15.8. The van der Waals surface area contributed by atoms with Crippen LogP contribution < -0.4 is 0 Å². The first-order chi connectivity index (χ1) is 12.2. The largest absolute Gasteiger partial charge is 0.278 e. The van der Waals surface area contributed by atoms with Crippen LogP contribution in [0.15, 0.2) is 52.4 Å². The number of rotatable bonds is 6. The number of aryl methyl sites for hydroxylation is 2. The van der Waals surface area contributed by atoms with E-state index in [1.807, 2.05) is 32.0 Å². The van der Waals surface area contributed by atoms with E-state index in [0.717, 1.165) is 5.56 Å². The molecule has 0 fully saturated rings. The number of hydrogen-bond acceptors (Lipinski definition) is 3. The minimum atomic E-state index is -3.55. The maximum atomic E-state index is 13.2. The molecule has 3 unspecified atom stereocenters. The summed E-state index contributed by atoms with van der Waals surface area (Å²) in [7, 11) is -3.55. The standard InChI is InChI=1S/C22H29NO2S/c1-7-23-22(26(24,25)20-13-11-15(2)12-14-20)19(6)18(5)21-10-8-9-16(3)17(21)4/h7-14,18-19,22H,1-6H3/b23-7-. The molecule has 2 aromatic carbocycles. The van der Waals surface area contributed by atoms with Gasteiger partial charge in [-0.1, -0.05) is 49.7 Å². The predicted octanol–water partition coefficient (Wildman–Crippen LogP) is 5.24. The van der Waals surface area contributed by atoms with Gasteiger partial charge in [0.25, 0.3) is 0 Å². The third-order valence-electron chi connectivity index (χ3n) is 5.34. The summed E-state index contributed by atoms with van der Waals surface area (Å²) in [6.07, 6.45) is 1.60. The number of nitrogens with zero attached hydrogens (tertiary/aromatic N) is 1. The molecule has 0 aliphatic rings. The van der Waals surface area contributed by atoms with Gasteiger partial charge in [-0.2, -0.15) is 0 Å². The Kier molecular flexibility index (Phi) is 6.40. The molecule has 2 rings (SSSR count). The Morgan fingerprint density at radius 2 is 1.58 bits per heavy atom. The van der Waals surface area contributed by atoms with Gasteiger partial charge in [0.1, 0.15) is 0 Å². The van der Waals surface area contributed by atoms with Crippen molar-refractivity contribution in [2.45, 2.75) is 57.7 Å². The third-order valence-corrected chi connectivity index (χ3v) is 7.46. The second kappa shape index (κ2) is 8.17. The van der Waals surface area contributed by atoms with E-state index in [1.165, 1.54) is 16.7 Å². The Morgan fingerprint density at radius 3 is 2.15 bits per heavy atom. The van der Waals surface area contributed by atoms with Crippen LogP contribution in [0.3, 0.4) is 0 Å². The fourth-order valence-corrected chi connectivity index (χ4v) is 5.19. The number of hydrogen-bond donors (Lipinski definition) is 0. The van der Waals surface area contributed by atoms with E-state index in [-0.39, 0.29) is 11.8 Å². The zero-order valence-corrected chi connectivity index (χ0v) is 17.3. The van der Waals surface area contributed by atoms with Crippen molar-refractivity contribution < 1.29 is 8.42 Å². The molecule has 140 valence electrons. The molecule has 2 aromatic rings. The Balaban J connectivity index is 2.45. The Hall–Kier alpha value is -1.94. The molecule has 0 aromatic heterocycles. The Labute approximate surface area is 158 Å². The fourth-order valence-electron chi connectivity index (χ4n) is 3.31. The lowest BCUT2D eigenvalue weighted by Crippen LogP contribution is -2.30. The minimum Gasteiger partial charge on any atom is -0.278 e. The van der Waals surface area contributed by atoms with Crippen molar-refractivity contribution in [3.8, 4) is 0 Å². The van der Waals surface area contributed by atoms with E-state index in [9.17, 15) is 8.42 Å². The van der Waals surface area contributed by atoms with Crippen molar-refractivity contribution in [2.24, 2.45) is 10.9 Å². The molecule has 26 heavy (non-hydrogen) atoms. The van der Waals surface area contributed by atoms with Crippen molar-refractivity contribution in [1.82, 2.24) is 0 Å². The quantitative estimate of drug-likeness (QED) is 0.652. The summed E-state index contributed by atoms with van der Waals surface area (Å²) < 4.78 is 26.5. The third kappa shape index (κ3) is 4.07. The van der Waals surface area contributed by atoms with E-state index < -0.39 is 15.2 Å². The fraction of sp³-hybridized carbons (Fsp3) is 0.409. The van der Waals surface area contributed by atoms with E-state index in [4.69, 9.17) is 0 Å². The average Bonchev–Trinajstić information content (AvgIpc) is 2.61. The summed E-state index contributed by atoms with van der Waals surface area (Å²) in [6, 6.07) is 13.2. The average molecular weight is 372 g/mol. The lowest BCUT2D eigenvalue weighted by atomic mass is 9.85. The molecule has 0 spiro atoms. The Bertz CT molecular complexity index is 883. The minimum absolute atomic E-state index is 0.0730. The van der Waals surface area contributed by atoms with Crippen LogP contribution in [0.4, 0.5) is 0 Å². The monoisotopic (exact) mass is 371 g/mol. The molecule has 0 saturated carbocycles. The van der Waals surface area contributed by atoms with Crippen LogP contribution in [-0.2, 0) is 9.84 Å². The van der Waals surface area contributed by atoms with Gasteiger partial charge in [0.05, 0.1) is 4.90 Å². The number of sulfone groups is 1. The summed E-state index contributed by atoms with van der Waals surface area (Å²) in [5.74, 6) is -0.0816. The van der Waals surface area contributed by atoms with E-state index in [2.05, 4.69) is 37.9 Å². The van der Waals surface area contributed by atoms with Crippen LogP contribution in [0.1, 0.15) is 48.9 Å². The molecule has 0 aliphatic heterocycles. The zero-order valence-electron chi connectivity index (χ0n) is 16.5. The first kappa shape index (κ1) is 20.4. The Morgan fingerprint density at radius 1 is 0.962 bits per heavy atom. The highest BCUT2D eigenvalue weighted by molar-refractivity contribution is 7.92. The van der Waals surface area contributed by atoms with E-state index >= 15 is 0 Å². The summed E-state index contributed by atoms with van der Waals surface area (Å²) in [5.41, 5.74) is 4.67. The molecule has 0 saturated heterocycles. The van der Waals surface area contributed by atoms with Crippen LogP contribution in [0, 0.1) is 26.7 Å². The van der Waals surface area contributed by atoms with Crippen LogP contribution in [-0.4, -0.2) is 20.0 Å². The molecule has 0 radical (unpaired) electrons. The number of benzene rings is 2. The molecular weight excluding hydrogens is 342 g/mol. The van der Waals surface area contributed by atoms with Gasteiger partial charge in [-0.15, -0.1) is 0 Å². The lowest BCUT2D eigenvalue weighted by Gasteiger charge is -2.28. The molecule has 0 amide bonds. The van der Waals surface area contributed by atoms with Crippen molar-refractivity contribution in [1.29, 1.82) is 0 Å². The maximum absolute atomic E-state index is 13.2. The van der Waals surface area contributed by atoms with Crippen LogP contribution in [0.25, 0.3) is 0 Å². The number of aliphatic imine (C=N–C) groups is 1. The van der Waals surface area contributed by atoms with E-state index in [1.54, 1.807) is 25.3 Å². The van der Waals surface area contributed by atoms with Crippen molar-refractivity contribution in [2.75, 3.05) is 0 Å². The van der Waals surface area contributed by atoms with Gasteiger partial charge >= 0.3 is 0 Å². The first-order valence-corrected chi connectivity index (χ1v) is 10.6. The predicted molar refractivity (Wildman–Crippen MR) is 110 cm³/mol. The summed E-state index contributed by atoms with van der Waals surface area (Å²) in [4.78, 5) is 4.71. The molecule has 0 bridgehead atoms. The zero-order chi connectivity index (χ0) is 19.5. The lowest BCUT2D eigenvalue weighted by molar-refractivity contribution is 0.450. The topological polar surface area (TPSA) is 46.5 Å².